The molecule has 1 heterocycles. The van der Waals surface area contributed by atoms with Gasteiger partial charge >= 0.3 is 0 Å². The van der Waals surface area contributed by atoms with Gasteiger partial charge in [-0.05, 0) is 57.1 Å². The Bertz CT molecular complexity index is 663. The quantitative estimate of drug-likeness (QED) is 0.849. The van der Waals surface area contributed by atoms with Crippen LogP contribution in [-0.4, -0.2) is 43.0 Å². The molecule has 1 N–H and O–H groups in total. The molecule has 1 saturated heterocycles. The molecule has 140 valence electrons. The first-order valence-corrected chi connectivity index (χ1v) is 9.89. The predicted octanol–water partition coefficient (Wildman–Crippen LogP) is 3.98. The van der Waals surface area contributed by atoms with E-state index < -0.39 is 0 Å². The Kier molecular flexibility index (Phi) is 6.84. The van der Waals surface area contributed by atoms with Crippen LogP contribution in [0.15, 0.2) is 48.5 Å². The zero-order valence-electron chi connectivity index (χ0n) is 16.5. The summed E-state index contributed by atoms with van der Waals surface area (Å²) < 4.78 is 0. The Labute approximate surface area is 159 Å². The van der Waals surface area contributed by atoms with Gasteiger partial charge in [0.25, 0.3) is 0 Å². The summed E-state index contributed by atoms with van der Waals surface area (Å²) in [6.45, 7) is 11.1. The number of likely N-dealkylation sites (N-methyl/N-ethyl adjacent to an activating group) is 1. The lowest BCUT2D eigenvalue weighted by atomic mass is 10.1. The summed E-state index contributed by atoms with van der Waals surface area (Å²) in [6.07, 6.45) is 1.27. The molecule has 1 aliphatic rings. The lowest BCUT2D eigenvalue weighted by Crippen LogP contribution is -2.28. The number of nitrogens with one attached hydrogen (secondary N) is 1. The highest BCUT2D eigenvalue weighted by atomic mass is 15.2. The van der Waals surface area contributed by atoms with E-state index in [4.69, 9.17) is 0 Å². The van der Waals surface area contributed by atoms with Crippen LogP contribution in [0.1, 0.15) is 41.6 Å². The molecule has 0 spiro atoms. The summed E-state index contributed by atoms with van der Waals surface area (Å²) >= 11 is 0. The minimum atomic E-state index is 0.359. The van der Waals surface area contributed by atoms with Crippen molar-refractivity contribution in [2.24, 2.45) is 0 Å². The fourth-order valence-corrected chi connectivity index (χ4v) is 3.52. The van der Waals surface area contributed by atoms with Crippen molar-refractivity contribution in [3.63, 3.8) is 0 Å². The summed E-state index contributed by atoms with van der Waals surface area (Å²) in [7, 11) is 2.23. The molecule has 0 bridgehead atoms. The fourth-order valence-electron chi connectivity index (χ4n) is 3.52. The molecule has 3 nitrogen and oxygen atoms in total. The topological polar surface area (TPSA) is 18.5 Å². The van der Waals surface area contributed by atoms with Crippen LogP contribution in [-0.2, 0) is 13.1 Å². The third-order valence-corrected chi connectivity index (χ3v) is 5.43. The first-order valence-electron chi connectivity index (χ1n) is 9.89. The van der Waals surface area contributed by atoms with Crippen LogP contribution in [0.2, 0.25) is 0 Å². The lowest BCUT2D eigenvalue weighted by molar-refractivity contribution is 0.269. The molecule has 1 unspecified atom stereocenters. The Hall–Kier alpha value is -1.68. The number of rotatable bonds is 6. The summed E-state index contributed by atoms with van der Waals surface area (Å²) in [6, 6.07) is 18.3. The second-order valence-electron chi connectivity index (χ2n) is 7.76. The van der Waals surface area contributed by atoms with Crippen molar-refractivity contribution in [3.8, 4) is 0 Å². The highest BCUT2D eigenvalue weighted by Gasteiger charge is 2.12. The molecular formula is C23H33N3. The van der Waals surface area contributed by atoms with Gasteiger partial charge in [0.1, 0.15) is 0 Å². The van der Waals surface area contributed by atoms with E-state index in [1.807, 2.05) is 0 Å². The van der Waals surface area contributed by atoms with E-state index in [0.29, 0.717) is 6.04 Å². The zero-order valence-corrected chi connectivity index (χ0v) is 16.5. The van der Waals surface area contributed by atoms with Crippen molar-refractivity contribution in [3.05, 3.63) is 70.8 Å². The fraction of sp³-hybridized carbons (Fsp3) is 0.478. The minimum Gasteiger partial charge on any atom is -0.306 e. The standard InChI is InChI=1S/C23H33N3/c1-19-5-7-21(8-6-19)17-24-20(2)23-11-9-22(10-12-23)18-26-14-4-13-25(3)15-16-26/h5-12,20,24H,4,13-18H2,1-3H3. The molecule has 0 aliphatic carbocycles. The maximum absolute atomic E-state index is 3.63. The average Bonchev–Trinajstić information content (AvgIpc) is 2.86. The van der Waals surface area contributed by atoms with Crippen LogP contribution in [0.25, 0.3) is 0 Å². The molecule has 1 fully saturated rings. The van der Waals surface area contributed by atoms with Crippen LogP contribution in [0.4, 0.5) is 0 Å². The maximum atomic E-state index is 3.63. The van der Waals surface area contributed by atoms with E-state index in [9.17, 15) is 0 Å². The van der Waals surface area contributed by atoms with Gasteiger partial charge < -0.3 is 10.2 Å². The maximum Gasteiger partial charge on any atom is 0.0294 e. The molecule has 2 aromatic carbocycles. The molecule has 0 saturated carbocycles. The van der Waals surface area contributed by atoms with Gasteiger partial charge in [-0.15, -0.1) is 0 Å². The molecule has 0 amide bonds. The van der Waals surface area contributed by atoms with Crippen LogP contribution >= 0.6 is 0 Å². The van der Waals surface area contributed by atoms with E-state index in [2.05, 4.69) is 84.5 Å². The van der Waals surface area contributed by atoms with Gasteiger partial charge in [-0.1, -0.05) is 54.1 Å². The number of hydrogen-bond acceptors (Lipinski definition) is 3. The molecular weight excluding hydrogens is 318 g/mol. The number of benzene rings is 2. The van der Waals surface area contributed by atoms with Crippen LogP contribution in [0.3, 0.4) is 0 Å². The number of hydrogen-bond donors (Lipinski definition) is 1. The smallest absolute Gasteiger partial charge is 0.0294 e. The Morgan fingerprint density at radius 2 is 1.58 bits per heavy atom. The minimum absolute atomic E-state index is 0.359. The van der Waals surface area contributed by atoms with Crippen molar-refractivity contribution in [2.75, 3.05) is 33.2 Å². The second kappa shape index (κ2) is 9.31. The monoisotopic (exact) mass is 351 g/mol. The molecule has 3 heteroatoms. The Morgan fingerprint density at radius 1 is 0.885 bits per heavy atom. The third kappa shape index (κ3) is 5.66. The van der Waals surface area contributed by atoms with Crippen LogP contribution in [0, 0.1) is 6.92 Å². The van der Waals surface area contributed by atoms with Crippen LogP contribution < -0.4 is 5.32 Å². The molecule has 0 radical (unpaired) electrons. The Morgan fingerprint density at radius 3 is 2.31 bits per heavy atom. The van der Waals surface area contributed by atoms with Gasteiger partial charge in [-0.2, -0.15) is 0 Å². The van der Waals surface area contributed by atoms with Crippen molar-refractivity contribution in [1.29, 1.82) is 0 Å². The van der Waals surface area contributed by atoms with E-state index in [-0.39, 0.29) is 0 Å². The highest BCUT2D eigenvalue weighted by molar-refractivity contribution is 5.25. The normalized spacial score (nSPS) is 17.8. The van der Waals surface area contributed by atoms with Gasteiger partial charge in [0, 0.05) is 32.2 Å². The summed E-state index contributed by atoms with van der Waals surface area (Å²) in [5, 5.41) is 3.63. The second-order valence-corrected chi connectivity index (χ2v) is 7.76. The Balaban J connectivity index is 1.50. The molecule has 0 aromatic heterocycles. The van der Waals surface area contributed by atoms with Crippen molar-refractivity contribution in [1.82, 2.24) is 15.1 Å². The third-order valence-electron chi connectivity index (χ3n) is 5.43. The first kappa shape index (κ1) is 19.1. The summed E-state index contributed by atoms with van der Waals surface area (Å²) in [5.41, 5.74) is 5.43. The van der Waals surface area contributed by atoms with Crippen molar-refractivity contribution in [2.45, 2.75) is 39.4 Å². The zero-order chi connectivity index (χ0) is 18.4. The van der Waals surface area contributed by atoms with Gasteiger partial charge in [0.15, 0.2) is 0 Å². The molecule has 1 aliphatic heterocycles. The van der Waals surface area contributed by atoms with Gasteiger partial charge in [0.05, 0.1) is 0 Å². The van der Waals surface area contributed by atoms with E-state index in [1.165, 1.54) is 54.9 Å². The van der Waals surface area contributed by atoms with Crippen LogP contribution in [0.5, 0.6) is 0 Å². The number of aryl methyl sites for hydroxylation is 1. The van der Waals surface area contributed by atoms with Gasteiger partial charge in [-0.3, -0.25) is 4.90 Å². The van der Waals surface area contributed by atoms with Gasteiger partial charge in [-0.25, -0.2) is 0 Å². The SMILES string of the molecule is Cc1ccc(CNC(C)c2ccc(CN3CCCN(C)CC3)cc2)cc1. The predicted molar refractivity (Wildman–Crippen MR) is 110 cm³/mol. The van der Waals surface area contributed by atoms with Crippen molar-refractivity contribution < 1.29 is 0 Å². The number of nitrogens with zero attached hydrogens (tertiary/aromatic N) is 2. The average molecular weight is 352 g/mol. The van der Waals surface area contributed by atoms with E-state index >= 15 is 0 Å². The largest absolute Gasteiger partial charge is 0.306 e. The lowest BCUT2D eigenvalue weighted by Gasteiger charge is -2.21. The molecule has 26 heavy (non-hydrogen) atoms. The van der Waals surface area contributed by atoms with Crippen molar-refractivity contribution >= 4 is 0 Å². The summed E-state index contributed by atoms with van der Waals surface area (Å²) in [4.78, 5) is 5.02. The molecule has 3 rings (SSSR count). The van der Waals surface area contributed by atoms with E-state index in [0.717, 1.165) is 13.1 Å². The first-order chi connectivity index (χ1) is 12.6. The van der Waals surface area contributed by atoms with Gasteiger partial charge in [0.2, 0.25) is 0 Å². The van der Waals surface area contributed by atoms with E-state index in [1.54, 1.807) is 0 Å². The molecule has 1 atom stereocenters. The highest BCUT2D eigenvalue weighted by Crippen LogP contribution is 2.16. The molecule has 2 aromatic rings. The summed E-state index contributed by atoms with van der Waals surface area (Å²) in [5.74, 6) is 0.